The van der Waals surface area contributed by atoms with Gasteiger partial charge in [-0.3, -0.25) is 4.79 Å². The van der Waals surface area contributed by atoms with Gasteiger partial charge in [0, 0.05) is 10.8 Å². The van der Waals surface area contributed by atoms with Crippen molar-refractivity contribution >= 4 is 23.6 Å². The Labute approximate surface area is 164 Å². The van der Waals surface area contributed by atoms with Crippen molar-refractivity contribution in [3.05, 3.63) is 29.8 Å². The summed E-state index contributed by atoms with van der Waals surface area (Å²) in [6.07, 6.45) is 10.7. The highest BCUT2D eigenvalue weighted by Crippen LogP contribution is 2.39. The molecular weight excluding hydrogens is 360 g/mol. The van der Waals surface area contributed by atoms with Crippen molar-refractivity contribution in [2.75, 3.05) is 0 Å². The maximum Gasteiger partial charge on any atom is 0.364 e. The summed E-state index contributed by atoms with van der Waals surface area (Å²) in [7, 11) is 0. The minimum atomic E-state index is -0.641. The van der Waals surface area contributed by atoms with Gasteiger partial charge in [-0.1, -0.05) is 44.2 Å². The predicted octanol–water partition coefficient (Wildman–Crippen LogP) is 4.83. The van der Waals surface area contributed by atoms with Crippen LogP contribution in [0.2, 0.25) is 0 Å². The van der Waals surface area contributed by atoms with E-state index >= 15 is 0 Å². The van der Waals surface area contributed by atoms with Crippen molar-refractivity contribution in [1.29, 1.82) is 5.26 Å². The number of thioether (sulfide) groups is 1. The number of carbonyl (C=O) groups is 2. The lowest BCUT2D eigenvalue weighted by molar-refractivity contribution is -0.135. The molecule has 0 atom stereocenters. The van der Waals surface area contributed by atoms with Crippen LogP contribution in [0.4, 0.5) is 0 Å². The van der Waals surface area contributed by atoms with Crippen molar-refractivity contribution in [2.24, 2.45) is 17.8 Å². The first-order valence-corrected chi connectivity index (χ1v) is 10.7. The summed E-state index contributed by atoms with van der Waals surface area (Å²) in [6, 6.07) is 6.72. The molecule has 2 aliphatic rings. The van der Waals surface area contributed by atoms with Gasteiger partial charge in [-0.15, -0.1) is 0 Å². The number of thiocyanates is 1. The lowest BCUT2D eigenvalue weighted by atomic mass is 9.71. The molecule has 144 valence electrons. The Morgan fingerprint density at radius 2 is 1.67 bits per heavy atom. The van der Waals surface area contributed by atoms with Crippen molar-refractivity contribution in [3.8, 4) is 5.40 Å². The molecule has 1 aromatic rings. The molecule has 1 aromatic carbocycles. The molecule has 2 aliphatic carbocycles. The van der Waals surface area contributed by atoms with E-state index in [2.05, 4.69) is 5.48 Å². The predicted molar refractivity (Wildman–Crippen MR) is 103 cm³/mol. The van der Waals surface area contributed by atoms with Gasteiger partial charge in [-0.05, 0) is 61.4 Å². The van der Waals surface area contributed by atoms with Gasteiger partial charge in [0.05, 0.1) is 5.56 Å². The zero-order valence-corrected chi connectivity index (χ0v) is 16.3. The highest BCUT2D eigenvalue weighted by molar-refractivity contribution is 8.03. The second kappa shape index (κ2) is 9.80. The highest BCUT2D eigenvalue weighted by Gasteiger charge is 2.31. The fraction of sp³-hybridized carbons (Fsp3) is 0.571. The number of hydroxylamine groups is 1. The molecule has 0 aliphatic heterocycles. The van der Waals surface area contributed by atoms with Crippen molar-refractivity contribution in [3.63, 3.8) is 0 Å². The van der Waals surface area contributed by atoms with Crippen molar-refractivity contribution in [1.82, 2.24) is 5.48 Å². The van der Waals surface area contributed by atoms with Crippen LogP contribution in [0, 0.1) is 28.4 Å². The Morgan fingerprint density at radius 1 is 1.00 bits per heavy atom. The maximum absolute atomic E-state index is 12.4. The highest BCUT2D eigenvalue weighted by atomic mass is 32.2. The Bertz CT molecular complexity index is 702. The topological polar surface area (TPSA) is 79.2 Å². The van der Waals surface area contributed by atoms with Gasteiger partial charge in [0.25, 0.3) is 5.91 Å². The zero-order chi connectivity index (χ0) is 19.1. The average molecular weight is 387 g/mol. The lowest BCUT2D eigenvalue weighted by Gasteiger charge is -2.35. The van der Waals surface area contributed by atoms with Crippen LogP contribution in [-0.4, -0.2) is 11.9 Å². The summed E-state index contributed by atoms with van der Waals surface area (Å²) >= 11 is 0.898. The summed E-state index contributed by atoms with van der Waals surface area (Å²) in [4.78, 5) is 30.1. The maximum atomic E-state index is 12.4. The van der Waals surface area contributed by atoms with E-state index in [0.29, 0.717) is 4.90 Å². The Morgan fingerprint density at radius 3 is 2.37 bits per heavy atom. The van der Waals surface area contributed by atoms with Crippen LogP contribution in [0.25, 0.3) is 0 Å². The Balaban J connectivity index is 1.46. The molecule has 0 heterocycles. The molecule has 1 N–H and O–H groups in total. The van der Waals surface area contributed by atoms with Crippen LogP contribution < -0.4 is 5.48 Å². The third-order valence-electron chi connectivity index (χ3n) is 5.97. The Hall–Kier alpha value is -2.00. The van der Waals surface area contributed by atoms with Gasteiger partial charge >= 0.3 is 5.97 Å². The first-order chi connectivity index (χ1) is 13.2. The summed E-state index contributed by atoms with van der Waals surface area (Å²) in [5.74, 6) is 0.663. The smallest absolute Gasteiger partial charge is 0.335 e. The fourth-order valence-electron chi connectivity index (χ4n) is 4.47. The number of rotatable bonds is 4. The van der Waals surface area contributed by atoms with Gasteiger partial charge in [0.15, 0.2) is 0 Å². The lowest BCUT2D eigenvalue weighted by Crippen LogP contribution is -2.36. The van der Waals surface area contributed by atoms with Crippen LogP contribution in [0.1, 0.15) is 68.1 Å². The average Bonchev–Trinajstić information content (AvgIpc) is 2.73. The molecular formula is C21H26N2O3S. The normalized spacial score (nSPS) is 23.2. The monoisotopic (exact) mass is 386 g/mol. The van der Waals surface area contributed by atoms with E-state index in [9.17, 15) is 9.59 Å². The zero-order valence-electron chi connectivity index (χ0n) is 15.5. The van der Waals surface area contributed by atoms with E-state index in [1.165, 1.54) is 32.1 Å². The van der Waals surface area contributed by atoms with Gasteiger partial charge in [-0.2, -0.15) is 10.7 Å². The van der Waals surface area contributed by atoms with Crippen LogP contribution in [-0.2, 0) is 9.63 Å². The molecule has 0 spiro atoms. The first kappa shape index (κ1) is 19.8. The van der Waals surface area contributed by atoms with Crippen LogP contribution in [0.3, 0.4) is 0 Å². The van der Waals surface area contributed by atoms with Crippen LogP contribution >= 0.6 is 11.8 Å². The van der Waals surface area contributed by atoms with E-state index in [1.54, 1.807) is 24.3 Å². The molecule has 0 unspecified atom stereocenters. The van der Waals surface area contributed by atoms with Gasteiger partial charge in [-0.25, -0.2) is 4.79 Å². The van der Waals surface area contributed by atoms with Crippen molar-refractivity contribution in [2.45, 2.75) is 62.7 Å². The van der Waals surface area contributed by atoms with Gasteiger partial charge in [0.2, 0.25) is 0 Å². The van der Waals surface area contributed by atoms with Crippen LogP contribution in [0.15, 0.2) is 29.2 Å². The first-order valence-electron chi connectivity index (χ1n) is 9.85. The fourth-order valence-corrected chi connectivity index (χ4v) is 4.97. The van der Waals surface area contributed by atoms with E-state index in [-0.39, 0.29) is 17.4 Å². The number of nitrogens with zero attached hydrogens (tertiary/aromatic N) is 1. The molecule has 27 heavy (non-hydrogen) atoms. The number of carbonyl (C=O) groups excluding carboxylic acids is 2. The van der Waals surface area contributed by atoms with Gasteiger partial charge in [0.1, 0.15) is 5.40 Å². The standard InChI is InChI=1S/C21H26N2O3S/c22-14-27-19-9-5-4-8-18(19)21(25)26-23-20(24)17-12-10-16(11-13-17)15-6-2-1-3-7-15/h4-5,8-9,15-17H,1-3,6-7,10-13H2,(H,23,24). The summed E-state index contributed by atoms with van der Waals surface area (Å²) in [5, 5.41) is 10.8. The number of nitrogens with one attached hydrogen (secondary N) is 1. The minimum absolute atomic E-state index is 0.0821. The third-order valence-corrected chi connectivity index (χ3v) is 6.63. The number of hydrogen-bond donors (Lipinski definition) is 1. The molecule has 1 amide bonds. The largest absolute Gasteiger partial charge is 0.364 e. The second-order valence-electron chi connectivity index (χ2n) is 7.56. The van der Waals surface area contributed by atoms with E-state index in [1.807, 2.05) is 5.40 Å². The molecule has 3 rings (SSSR count). The second-order valence-corrected chi connectivity index (χ2v) is 8.38. The van der Waals surface area contributed by atoms with E-state index in [4.69, 9.17) is 10.1 Å². The third kappa shape index (κ3) is 5.26. The number of benzene rings is 1. The van der Waals surface area contributed by atoms with Crippen LogP contribution in [0.5, 0.6) is 0 Å². The molecule has 0 aromatic heterocycles. The summed E-state index contributed by atoms with van der Waals surface area (Å²) in [5.41, 5.74) is 2.62. The van der Waals surface area contributed by atoms with Crippen molar-refractivity contribution < 1.29 is 14.4 Å². The summed E-state index contributed by atoms with van der Waals surface area (Å²) < 4.78 is 0. The SMILES string of the molecule is N#CSc1ccccc1C(=O)ONC(=O)C1CCC(C2CCCCC2)CC1. The molecule has 5 nitrogen and oxygen atoms in total. The molecule has 0 bridgehead atoms. The minimum Gasteiger partial charge on any atom is -0.335 e. The molecule has 0 saturated heterocycles. The molecule has 2 fully saturated rings. The Kier molecular flexibility index (Phi) is 7.17. The number of hydrogen-bond acceptors (Lipinski definition) is 5. The molecule has 6 heteroatoms. The quantitative estimate of drug-likeness (QED) is 0.455. The summed E-state index contributed by atoms with van der Waals surface area (Å²) in [6.45, 7) is 0. The van der Waals surface area contributed by atoms with E-state index in [0.717, 1.165) is 49.3 Å². The number of nitriles is 1. The molecule has 2 saturated carbocycles. The number of amides is 1. The van der Waals surface area contributed by atoms with E-state index < -0.39 is 5.97 Å². The van der Waals surface area contributed by atoms with Gasteiger partial charge < -0.3 is 4.84 Å². The molecule has 0 radical (unpaired) electrons.